The summed E-state index contributed by atoms with van der Waals surface area (Å²) in [7, 11) is 0. The number of ether oxygens (including phenoxy) is 1. The average Bonchev–Trinajstić information content (AvgIpc) is 2.42. The fourth-order valence-electron chi connectivity index (χ4n) is 2.91. The fraction of sp³-hybridized carbons (Fsp3) is 0.625. The summed E-state index contributed by atoms with van der Waals surface area (Å²) in [5.74, 6) is 0.555. The van der Waals surface area contributed by atoms with E-state index in [-0.39, 0.29) is 6.61 Å². The Morgan fingerprint density at radius 2 is 1.95 bits per heavy atom. The van der Waals surface area contributed by atoms with Gasteiger partial charge in [0.2, 0.25) is 0 Å². The fourth-order valence-corrected chi connectivity index (χ4v) is 3.37. The molecule has 0 aliphatic carbocycles. The Labute approximate surface area is 136 Å². The van der Waals surface area contributed by atoms with Crippen LogP contribution < -0.4 is 4.74 Å². The molecular formula is C16H23Cl2NO2. The van der Waals surface area contributed by atoms with E-state index >= 15 is 0 Å². The monoisotopic (exact) mass is 331 g/mol. The zero-order valence-corrected chi connectivity index (χ0v) is 14.1. The molecule has 1 aromatic rings. The van der Waals surface area contributed by atoms with Crippen molar-refractivity contribution >= 4 is 23.2 Å². The Morgan fingerprint density at radius 3 is 2.57 bits per heavy atom. The molecule has 1 aliphatic heterocycles. The third-order valence-electron chi connectivity index (χ3n) is 4.12. The summed E-state index contributed by atoms with van der Waals surface area (Å²) in [4.78, 5) is 2.36. The van der Waals surface area contributed by atoms with Crippen LogP contribution in [0.15, 0.2) is 18.2 Å². The van der Waals surface area contributed by atoms with Gasteiger partial charge in [-0.3, -0.25) is 4.90 Å². The highest BCUT2D eigenvalue weighted by atomic mass is 35.5. The first kappa shape index (κ1) is 16.9. The normalized spacial score (nSPS) is 24.8. The molecular weight excluding hydrogens is 309 g/mol. The van der Waals surface area contributed by atoms with Crippen LogP contribution in [-0.2, 0) is 0 Å². The first-order valence-electron chi connectivity index (χ1n) is 7.49. The summed E-state index contributed by atoms with van der Waals surface area (Å²) >= 11 is 11.9. The summed E-state index contributed by atoms with van der Waals surface area (Å²) < 4.78 is 5.60. The maximum Gasteiger partial charge on any atom is 0.138 e. The van der Waals surface area contributed by atoms with Crippen LogP contribution in [0.25, 0.3) is 0 Å². The van der Waals surface area contributed by atoms with E-state index in [9.17, 15) is 5.11 Å². The molecule has 1 N–H and O–H groups in total. The van der Waals surface area contributed by atoms with Crippen molar-refractivity contribution in [1.82, 2.24) is 4.90 Å². The molecule has 21 heavy (non-hydrogen) atoms. The molecule has 0 radical (unpaired) electrons. The Bertz CT molecular complexity index is 460. The molecule has 1 heterocycles. The molecule has 0 aromatic heterocycles. The second-order valence-corrected chi connectivity index (χ2v) is 6.71. The van der Waals surface area contributed by atoms with Gasteiger partial charge in [0.25, 0.3) is 0 Å². The van der Waals surface area contributed by atoms with Crippen LogP contribution in [0.5, 0.6) is 5.75 Å². The maximum absolute atomic E-state index is 10.2. The average molecular weight is 332 g/mol. The number of aliphatic hydroxyl groups excluding tert-OH is 1. The summed E-state index contributed by atoms with van der Waals surface area (Å²) in [6.45, 7) is 5.31. The van der Waals surface area contributed by atoms with Crippen LogP contribution in [0.3, 0.4) is 0 Å². The minimum absolute atomic E-state index is 0.233. The molecule has 0 saturated carbocycles. The van der Waals surface area contributed by atoms with E-state index in [1.165, 1.54) is 19.3 Å². The highest BCUT2D eigenvalue weighted by molar-refractivity contribution is 6.35. The molecule has 3 atom stereocenters. The quantitative estimate of drug-likeness (QED) is 0.885. The third kappa shape index (κ3) is 4.75. The summed E-state index contributed by atoms with van der Waals surface area (Å²) in [5, 5.41) is 11.2. The number of hydrogen-bond donors (Lipinski definition) is 1. The number of rotatable bonds is 5. The van der Waals surface area contributed by atoms with Crippen molar-refractivity contribution in [2.75, 3.05) is 13.2 Å². The minimum Gasteiger partial charge on any atom is -0.489 e. The van der Waals surface area contributed by atoms with Gasteiger partial charge in [-0.15, -0.1) is 0 Å². The number of nitrogens with zero attached hydrogens (tertiary/aromatic N) is 1. The lowest BCUT2D eigenvalue weighted by Crippen LogP contribution is -2.48. The Kier molecular flexibility index (Phi) is 6.18. The van der Waals surface area contributed by atoms with E-state index in [4.69, 9.17) is 27.9 Å². The van der Waals surface area contributed by atoms with E-state index in [2.05, 4.69) is 18.7 Å². The van der Waals surface area contributed by atoms with E-state index in [0.717, 1.165) is 0 Å². The number of aliphatic hydroxyl groups is 1. The van der Waals surface area contributed by atoms with E-state index in [1.807, 2.05) is 0 Å². The standard InChI is InChI=1S/C16H23Cl2NO2/c1-11-4-3-5-12(2)19(11)9-14(20)10-21-16-7-6-13(17)8-15(16)18/h6-8,11-12,14,20H,3-5,9-10H2,1-2H3/t11-,12-,14-/m0/s1. The van der Waals surface area contributed by atoms with Gasteiger partial charge in [-0.05, 0) is 44.9 Å². The highest BCUT2D eigenvalue weighted by Gasteiger charge is 2.26. The van der Waals surface area contributed by atoms with Crippen molar-refractivity contribution in [3.63, 3.8) is 0 Å². The SMILES string of the molecule is C[C@H]1CCC[C@H](C)N1C[C@H](O)COc1ccc(Cl)cc1Cl. The van der Waals surface area contributed by atoms with E-state index in [1.54, 1.807) is 18.2 Å². The van der Waals surface area contributed by atoms with Gasteiger partial charge in [0, 0.05) is 23.7 Å². The maximum atomic E-state index is 10.2. The van der Waals surface area contributed by atoms with Gasteiger partial charge < -0.3 is 9.84 Å². The molecule has 0 spiro atoms. The van der Waals surface area contributed by atoms with Crippen LogP contribution in [0.1, 0.15) is 33.1 Å². The first-order valence-corrected chi connectivity index (χ1v) is 8.24. The van der Waals surface area contributed by atoms with Crippen molar-refractivity contribution in [3.8, 4) is 5.75 Å². The number of β-amino-alcohol motifs (C(OH)–C–C–N with tert-alkyl or cyclic N) is 1. The number of halogens is 2. The lowest BCUT2D eigenvalue weighted by atomic mass is 9.97. The lowest BCUT2D eigenvalue weighted by Gasteiger charge is -2.40. The Balaban J connectivity index is 1.85. The Morgan fingerprint density at radius 1 is 1.29 bits per heavy atom. The van der Waals surface area contributed by atoms with Gasteiger partial charge in [-0.1, -0.05) is 29.6 Å². The molecule has 1 aromatic carbocycles. The van der Waals surface area contributed by atoms with Crippen molar-refractivity contribution in [1.29, 1.82) is 0 Å². The van der Waals surface area contributed by atoms with Gasteiger partial charge >= 0.3 is 0 Å². The van der Waals surface area contributed by atoms with Gasteiger partial charge in [0.15, 0.2) is 0 Å². The predicted molar refractivity (Wildman–Crippen MR) is 87.4 cm³/mol. The topological polar surface area (TPSA) is 32.7 Å². The molecule has 3 nitrogen and oxygen atoms in total. The molecule has 118 valence electrons. The summed E-state index contributed by atoms with van der Waals surface area (Å²) in [6, 6.07) is 6.12. The number of hydrogen-bond acceptors (Lipinski definition) is 3. The molecule has 1 aliphatic rings. The van der Waals surface area contributed by atoms with Gasteiger partial charge in [0.05, 0.1) is 5.02 Å². The lowest BCUT2D eigenvalue weighted by molar-refractivity contribution is 0.0209. The van der Waals surface area contributed by atoms with Crippen molar-refractivity contribution < 1.29 is 9.84 Å². The molecule has 0 amide bonds. The third-order valence-corrected chi connectivity index (χ3v) is 4.65. The Hall–Kier alpha value is -0.480. The smallest absolute Gasteiger partial charge is 0.138 e. The van der Waals surface area contributed by atoms with Crippen LogP contribution >= 0.6 is 23.2 Å². The summed E-state index contributed by atoms with van der Waals surface area (Å²) in [5.41, 5.74) is 0. The molecule has 1 fully saturated rings. The van der Waals surface area contributed by atoms with Gasteiger partial charge in [0.1, 0.15) is 18.5 Å². The summed E-state index contributed by atoms with van der Waals surface area (Å²) in [6.07, 6.45) is 3.13. The molecule has 1 saturated heterocycles. The van der Waals surface area contributed by atoms with E-state index < -0.39 is 6.10 Å². The molecule has 0 unspecified atom stereocenters. The first-order chi connectivity index (χ1) is 9.97. The second-order valence-electron chi connectivity index (χ2n) is 5.87. The number of benzene rings is 1. The zero-order chi connectivity index (χ0) is 15.4. The highest BCUT2D eigenvalue weighted by Crippen LogP contribution is 2.28. The second kappa shape index (κ2) is 7.68. The van der Waals surface area contributed by atoms with Crippen molar-refractivity contribution in [2.45, 2.75) is 51.3 Å². The van der Waals surface area contributed by atoms with Crippen LogP contribution in [0, 0.1) is 0 Å². The minimum atomic E-state index is -0.528. The van der Waals surface area contributed by atoms with Crippen LogP contribution in [-0.4, -0.2) is 41.3 Å². The molecule has 2 rings (SSSR count). The predicted octanol–water partition coefficient (Wildman–Crippen LogP) is 4.00. The van der Waals surface area contributed by atoms with E-state index in [0.29, 0.717) is 34.4 Å². The number of likely N-dealkylation sites (tertiary alicyclic amines) is 1. The van der Waals surface area contributed by atoms with Crippen LogP contribution in [0.2, 0.25) is 10.0 Å². The van der Waals surface area contributed by atoms with Crippen molar-refractivity contribution in [3.05, 3.63) is 28.2 Å². The largest absolute Gasteiger partial charge is 0.489 e. The van der Waals surface area contributed by atoms with Crippen LogP contribution in [0.4, 0.5) is 0 Å². The molecule has 0 bridgehead atoms. The zero-order valence-electron chi connectivity index (χ0n) is 12.6. The number of piperidine rings is 1. The molecule has 5 heteroatoms. The van der Waals surface area contributed by atoms with Crippen molar-refractivity contribution in [2.24, 2.45) is 0 Å². The van der Waals surface area contributed by atoms with Gasteiger partial charge in [-0.25, -0.2) is 0 Å². The van der Waals surface area contributed by atoms with Gasteiger partial charge in [-0.2, -0.15) is 0 Å².